The first-order valence-corrected chi connectivity index (χ1v) is 6.68. The molecule has 3 atom stereocenters. The van der Waals surface area contributed by atoms with E-state index in [2.05, 4.69) is 20.8 Å². The predicted octanol–water partition coefficient (Wildman–Crippen LogP) is 3.88. The van der Waals surface area contributed by atoms with Crippen LogP contribution in [-0.4, -0.2) is 5.78 Å². The van der Waals surface area contributed by atoms with Crippen LogP contribution in [-0.2, 0) is 4.79 Å². The van der Waals surface area contributed by atoms with E-state index < -0.39 is 0 Å². The highest BCUT2D eigenvalue weighted by atomic mass is 16.1. The van der Waals surface area contributed by atoms with Crippen LogP contribution >= 0.6 is 0 Å². The van der Waals surface area contributed by atoms with Gasteiger partial charge in [0.05, 0.1) is 0 Å². The molecule has 0 heterocycles. The highest BCUT2D eigenvalue weighted by Gasteiger charge is 2.62. The van der Waals surface area contributed by atoms with E-state index in [0.717, 1.165) is 25.7 Å². The molecule has 0 aliphatic heterocycles. The summed E-state index contributed by atoms with van der Waals surface area (Å²) in [5.74, 6) is 1.31. The average Bonchev–Trinajstić information content (AvgIpc) is 2.64. The summed E-state index contributed by atoms with van der Waals surface area (Å²) in [5, 5.41) is 0. The van der Waals surface area contributed by atoms with Crippen LogP contribution in [0.25, 0.3) is 0 Å². The molecule has 3 rings (SSSR count). The molecule has 0 unspecified atom stereocenters. The Morgan fingerprint density at radius 3 is 2.62 bits per heavy atom. The largest absolute Gasteiger partial charge is 0.298 e. The summed E-state index contributed by atoms with van der Waals surface area (Å²) in [4.78, 5) is 12.8. The van der Waals surface area contributed by atoms with Crippen molar-refractivity contribution in [1.29, 1.82) is 0 Å². The van der Waals surface area contributed by atoms with Crippen molar-refractivity contribution in [2.24, 2.45) is 16.7 Å². The standard InChI is InChI=1S/C15H22O/c1-10-7-14(3)9-12-5-4-6-15(12,13(14)16)8-11(10)2/h12H,4-9H2,1-3H3/t12-,14-,15+/m1/s1. The first-order chi connectivity index (χ1) is 7.48. The third kappa shape index (κ3) is 1.10. The first kappa shape index (κ1) is 10.6. The van der Waals surface area contributed by atoms with Gasteiger partial charge in [0.1, 0.15) is 5.78 Å². The van der Waals surface area contributed by atoms with Crippen molar-refractivity contribution >= 4 is 5.78 Å². The third-order valence-electron chi connectivity index (χ3n) is 5.62. The molecule has 1 spiro atoms. The fraction of sp³-hybridized carbons (Fsp3) is 0.800. The fourth-order valence-electron chi connectivity index (χ4n) is 4.80. The molecule has 2 fully saturated rings. The molecular weight excluding hydrogens is 196 g/mol. The zero-order valence-corrected chi connectivity index (χ0v) is 10.7. The first-order valence-electron chi connectivity index (χ1n) is 6.68. The van der Waals surface area contributed by atoms with Crippen LogP contribution in [0.5, 0.6) is 0 Å². The summed E-state index contributed by atoms with van der Waals surface area (Å²) < 4.78 is 0. The minimum absolute atomic E-state index is 0.0209. The van der Waals surface area contributed by atoms with E-state index in [0.29, 0.717) is 11.7 Å². The van der Waals surface area contributed by atoms with Gasteiger partial charge in [0, 0.05) is 10.8 Å². The molecule has 16 heavy (non-hydrogen) atoms. The van der Waals surface area contributed by atoms with Crippen LogP contribution in [0.1, 0.15) is 59.3 Å². The average molecular weight is 218 g/mol. The van der Waals surface area contributed by atoms with E-state index in [-0.39, 0.29) is 10.8 Å². The zero-order valence-electron chi connectivity index (χ0n) is 10.7. The Kier molecular flexibility index (Phi) is 1.98. The van der Waals surface area contributed by atoms with Crippen molar-refractivity contribution in [2.75, 3.05) is 0 Å². The van der Waals surface area contributed by atoms with Crippen LogP contribution in [0.4, 0.5) is 0 Å². The molecular formula is C15H22O. The van der Waals surface area contributed by atoms with Gasteiger partial charge in [0.25, 0.3) is 0 Å². The van der Waals surface area contributed by atoms with Crippen LogP contribution in [0, 0.1) is 16.7 Å². The maximum Gasteiger partial charge on any atom is 0.145 e. The molecule has 0 N–H and O–H groups in total. The van der Waals surface area contributed by atoms with Gasteiger partial charge in [-0.2, -0.15) is 0 Å². The van der Waals surface area contributed by atoms with Crippen LogP contribution in [0.15, 0.2) is 11.1 Å². The van der Waals surface area contributed by atoms with Gasteiger partial charge in [-0.15, -0.1) is 0 Å². The summed E-state index contributed by atoms with van der Waals surface area (Å²) in [5.41, 5.74) is 3.03. The summed E-state index contributed by atoms with van der Waals surface area (Å²) in [6.45, 7) is 6.70. The molecule has 3 aliphatic carbocycles. The van der Waals surface area contributed by atoms with Gasteiger partial charge in [-0.05, 0) is 51.9 Å². The smallest absolute Gasteiger partial charge is 0.145 e. The number of allylic oxidation sites excluding steroid dienone is 2. The monoisotopic (exact) mass is 218 g/mol. The Hall–Kier alpha value is -0.590. The molecule has 1 heteroatoms. The van der Waals surface area contributed by atoms with Gasteiger partial charge in [0.2, 0.25) is 0 Å². The molecule has 88 valence electrons. The van der Waals surface area contributed by atoms with Crippen molar-refractivity contribution < 1.29 is 4.79 Å². The second-order valence-electron chi connectivity index (χ2n) is 6.75. The van der Waals surface area contributed by atoms with E-state index >= 15 is 0 Å². The fourth-order valence-corrected chi connectivity index (χ4v) is 4.80. The molecule has 0 aromatic carbocycles. The van der Waals surface area contributed by atoms with Gasteiger partial charge < -0.3 is 0 Å². The van der Waals surface area contributed by atoms with Crippen molar-refractivity contribution in [3.8, 4) is 0 Å². The number of carbonyl (C=O) groups excluding carboxylic acids is 1. The normalized spacial score (nSPS) is 47.2. The Morgan fingerprint density at radius 2 is 1.88 bits per heavy atom. The third-order valence-corrected chi connectivity index (χ3v) is 5.62. The van der Waals surface area contributed by atoms with Gasteiger partial charge in [0.15, 0.2) is 0 Å². The van der Waals surface area contributed by atoms with Gasteiger partial charge in [-0.1, -0.05) is 24.5 Å². The summed E-state index contributed by atoms with van der Waals surface area (Å²) in [7, 11) is 0. The van der Waals surface area contributed by atoms with Crippen molar-refractivity contribution in [1.82, 2.24) is 0 Å². The van der Waals surface area contributed by atoms with Crippen LogP contribution < -0.4 is 0 Å². The topological polar surface area (TPSA) is 17.1 Å². The second kappa shape index (κ2) is 3.00. The number of fused-ring (bicyclic) bond motifs is 1. The zero-order chi connectivity index (χ0) is 11.6. The second-order valence-corrected chi connectivity index (χ2v) is 6.75. The predicted molar refractivity (Wildman–Crippen MR) is 65.1 cm³/mol. The van der Waals surface area contributed by atoms with Gasteiger partial charge >= 0.3 is 0 Å². The number of carbonyl (C=O) groups is 1. The van der Waals surface area contributed by atoms with Crippen molar-refractivity contribution in [2.45, 2.75) is 59.3 Å². The van der Waals surface area contributed by atoms with Crippen LogP contribution in [0.2, 0.25) is 0 Å². The van der Waals surface area contributed by atoms with E-state index in [1.165, 1.54) is 24.0 Å². The Balaban J connectivity index is 2.13. The lowest BCUT2D eigenvalue weighted by molar-refractivity contribution is -0.133. The quantitative estimate of drug-likeness (QED) is 0.564. The number of ketones is 1. The molecule has 0 radical (unpaired) electrons. The lowest BCUT2D eigenvalue weighted by Gasteiger charge is -2.28. The van der Waals surface area contributed by atoms with Gasteiger partial charge in [-0.25, -0.2) is 0 Å². The molecule has 2 saturated carbocycles. The lowest BCUT2D eigenvalue weighted by atomic mass is 9.74. The Labute approximate surface area is 98.3 Å². The minimum Gasteiger partial charge on any atom is -0.298 e. The molecule has 1 nitrogen and oxygen atoms in total. The van der Waals surface area contributed by atoms with Gasteiger partial charge in [-0.3, -0.25) is 4.79 Å². The highest BCUT2D eigenvalue weighted by Crippen LogP contribution is 2.64. The lowest BCUT2D eigenvalue weighted by Crippen LogP contribution is -2.33. The molecule has 0 amide bonds. The molecule has 3 aliphatic rings. The number of Topliss-reactive ketones (excluding diaryl/α,β-unsaturated/α-hetero) is 1. The molecule has 0 saturated heterocycles. The number of rotatable bonds is 0. The minimum atomic E-state index is -0.0209. The number of hydrogen-bond donors (Lipinski definition) is 0. The summed E-state index contributed by atoms with van der Waals surface area (Å²) in [6.07, 6.45) is 6.99. The highest BCUT2D eigenvalue weighted by molar-refractivity contribution is 5.94. The Bertz CT molecular complexity index is 392. The molecule has 0 aromatic rings. The van der Waals surface area contributed by atoms with Crippen molar-refractivity contribution in [3.05, 3.63) is 11.1 Å². The summed E-state index contributed by atoms with van der Waals surface area (Å²) in [6, 6.07) is 0. The summed E-state index contributed by atoms with van der Waals surface area (Å²) >= 11 is 0. The van der Waals surface area contributed by atoms with E-state index in [1.54, 1.807) is 0 Å². The van der Waals surface area contributed by atoms with Crippen molar-refractivity contribution in [3.63, 3.8) is 0 Å². The van der Waals surface area contributed by atoms with E-state index in [4.69, 9.17) is 0 Å². The van der Waals surface area contributed by atoms with Crippen LogP contribution in [0.3, 0.4) is 0 Å². The van der Waals surface area contributed by atoms with E-state index in [9.17, 15) is 4.79 Å². The maximum atomic E-state index is 12.8. The number of hydrogen-bond acceptors (Lipinski definition) is 1. The molecule has 0 aromatic heterocycles. The SMILES string of the molecule is CC1=C(C)C[C@@]23CCC[C@@H]2C[C@@](C)(C1)C3=O. The van der Waals surface area contributed by atoms with E-state index in [1.807, 2.05) is 0 Å². The molecule has 2 bridgehead atoms. The Morgan fingerprint density at radius 1 is 1.19 bits per heavy atom. The maximum absolute atomic E-state index is 12.8.